The summed E-state index contributed by atoms with van der Waals surface area (Å²) < 4.78 is 52.9. The summed E-state index contributed by atoms with van der Waals surface area (Å²) in [4.78, 5) is 8.27. The van der Waals surface area contributed by atoms with Crippen LogP contribution >= 0.6 is 23.2 Å². The molecule has 154 valence electrons. The molecule has 0 aliphatic carbocycles. The van der Waals surface area contributed by atoms with E-state index in [2.05, 4.69) is 9.97 Å². The summed E-state index contributed by atoms with van der Waals surface area (Å²) in [6.07, 6.45) is -1.98. The van der Waals surface area contributed by atoms with Crippen LogP contribution in [0.1, 0.15) is 23.9 Å². The first kappa shape index (κ1) is 22.0. The lowest BCUT2D eigenvalue weighted by molar-refractivity contribution is -0.137. The lowest BCUT2D eigenvalue weighted by Gasteiger charge is -2.12. The minimum absolute atomic E-state index is 0.111. The maximum absolute atomic E-state index is 13.0. The van der Waals surface area contributed by atoms with Crippen molar-refractivity contribution in [1.82, 2.24) is 14.5 Å². The second-order valence-electron chi connectivity index (χ2n) is 6.27. The SMILES string of the molecule is CC[S+]([O-])C/C(=C\c1ccc(Cl)c(Cl)c1)c1nc2cc(C(F)(F)F)cnc2n1C. The number of hydrogen-bond donors (Lipinski definition) is 0. The number of aromatic nitrogens is 3. The monoisotopic (exact) mass is 461 g/mol. The largest absolute Gasteiger partial charge is 0.616 e. The van der Waals surface area contributed by atoms with E-state index in [0.717, 1.165) is 12.3 Å². The van der Waals surface area contributed by atoms with Gasteiger partial charge in [-0.3, -0.25) is 0 Å². The van der Waals surface area contributed by atoms with Crippen LogP contribution in [0.25, 0.3) is 22.8 Å². The number of nitrogens with zero attached hydrogens (tertiary/aromatic N) is 3. The Labute approximate surface area is 178 Å². The Hall–Kier alpha value is -1.74. The van der Waals surface area contributed by atoms with Crippen molar-refractivity contribution in [3.63, 3.8) is 0 Å². The van der Waals surface area contributed by atoms with Crippen molar-refractivity contribution in [2.45, 2.75) is 13.1 Å². The van der Waals surface area contributed by atoms with Crippen molar-refractivity contribution in [2.24, 2.45) is 7.05 Å². The standard InChI is InChI=1S/C19H16Cl2F3N3OS/c1-3-29(28)10-12(6-11-4-5-14(20)15(21)7-11)17-26-16-8-13(19(22,23)24)9-25-18(16)27(17)2/h4-9H,3,10H2,1-2H3/b12-6+. The first-order valence-electron chi connectivity index (χ1n) is 8.50. The summed E-state index contributed by atoms with van der Waals surface area (Å²) >= 11 is 10.9. The molecule has 0 bridgehead atoms. The van der Waals surface area contributed by atoms with Crippen LogP contribution in [0.5, 0.6) is 0 Å². The highest BCUT2D eigenvalue weighted by Crippen LogP contribution is 2.32. The Morgan fingerprint density at radius 3 is 2.59 bits per heavy atom. The molecule has 29 heavy (non-hydrogen) atoms. The molecule has 1 aromatic carbocycles. The zero-order valence-corrected chi connectivity index (χ0v) is 17.8. The van der Waals surface area contributed by atoms with E-state index in [1.54, 1.807) is 42.8 Å². The summed E-state index contributed by atoms with van der Waals surface area (Å²) in [5.74, 6) is 0.999. The predicted octanol–water partition coefficient (Wildman–Crippen LogP) is 5.60. The Morgan fingerprint density at radius 1 is 1.24 bits per heavy atom. The Bertz CT molecular complexity index is 1080. The van der Waals surface area contributed by atoms with Crippen LogP contribution in [-0.2, 0) is 24.4 Å². The summed E-state index contributed by atoms with van der Waals surface area (Å²) in [5.41, 5.74) is 0.841. The fourth-order valence-electron chi connectivity index (χ4n) is 2.77. The summed E-state index contributed by atoms with van der Waals surface area (Å²) in [7, 11) is 1.66. The molecule has 0 saturated heterocycles. The first-order valence-corrected chi connectivity index (χ1v) is 10.7. The molecule has 0 radical (unpaired) electrons. The van der Waals surface area contributed by atoms with Crippen molar-refractivity contribution in [2.75, 3.05) is 11.5 Å². The van der Waals surface area contributed by atoms with Gasteiger partial charge in [0, 0.05) is 18.8 Å². The van der Waals surface area contributed by atoms with Gasteiger partial charge in [0.1, 0.15) is 22.8 Å². The number of fused-ring (bicyclic) bond motifs is 1. The van der Waals surface area contributed by atoms with Crippen LogP contribution in [0.2, 0.25) is 10.0 Å². The van der Waals surface area contributed by atoms with Crippen LogP contribution in [0, 0.1) is 0 Å². The third-order valence-corrected chi connectivity index (χ3v) is 6.26. The zero-order chi connectivity index (χ0) is 21.3. The average molecular weight is 462 g/mol. The molecule has 2 heterocycles. The van der Waals surface area contributed by atoms with Gasteiger partial charge in [-0.25, -0.2) is 9.97 Å². The van der Waals surface area contributed by atoms with Gasteiger partial charge in [-0.1, -0.05) is 29.3 Å². The average Bonchev–Trinajstić information content (AvgIpc) is 2.99. The lowest BCUT2D eigenvalue weighted by atomic mass is 10.1. The third-order valence-electron chi connectivity index (χ3n) is 4.25. The molecule has 0 aliphatic heterocycles. The number of rotatable bonds is 5. The molecule has 0 spiro atoms. The van der Waals surface area contributed by atoms with Gasteiger partial charge in [0.25, 0.3) is 0 Å². The molecule has 4 nitrogen and oxygen atoms in total. The molecule has 0 amide bonds. The van der Waals surface area contributed by atoms with Crippen molar-refractivity contribution in [3.8, 4) is 0 Å². The van der Waals surface area contributed by atoms with E-state index >= 15 is 0 Å². The van der Waals surface area contributed by atoms with Crippen LogP contribution in [0.4, 0.5) is 13.2 Å². The van der Waals surface area contributed by atoms with Gasteiger partial charge in [0.15, 0.2) is 5.65 Å². The summed E-state index contributed by atoms with van der Waals surface area (Å²) in [5, 5.41) is 0.756. The van der Waals surface area contributed by atoms with Gasteiger partial charge < -0.3 is 9.12 Å². The summed E-state index contributed by atoms with van der Waals surface area (Å²) in [6.45, 7) is 1.79. The normalized spacial score (nSPS) is 13.9. The topological polar surface area (TPSA) is 53.8 Å². The smallest absolute Gasteiger partial charge is 0.417 e. The van der Waals surface area contributed by atoms with Crippen molar-refractivity contribution >= 4 is 57.2 Å². The number of halogens is 5. The number of pyridine rings is 1. The quantitative estimate of drug-likeness (QED) is 0.464. The number of hydrogen-bond acceptors (Lipinski definition) is 3. The third kappa shape index (κ3) is 4.88. The minimum Gasteiger partial charge on any atom is -0.616 e. The Kier molecular flexibility index (Phi) is 6.48. The number of benzene rings is 1. The molecule has 0 saturated carbocycles. The number of aryl methyl sites for hydroxylation is 1. The van der Waals surface area contributed by atoms with Crippen LogP contribution in [0.3, 0.4) is 0 Å². The molecule has 1 atom stereocenters. The highest BCUT2D eigenvalue weighted by Gasteiger charge is 2.32. The van der Waals surface area contributed by atoms with Crippen LogP contribution in [-0.4, -0.2) is 30.6 Å². The minimum atomic E-state index is -4.51. The molecule has 3 rings (SSSR count). The number of alkyl halides is 3. The zero-order valence-electron chi connectivity index (χ0n) is 15.4. The molecule has 0 aliphatic rings. The van der Waals surface area contributed by atoms with Gasteiger partial charge in [-0.15, -0.1) is 0 Å². The molecular formula is C19H16Cl2F3N3OS. The van der Waals surface area contributed by atoms with E-state index in [1.807, 2.05) is 0 Å². The Balaban J connectivity index is 2.14. The maximum Gasteiger partial charge on any atom is 0.417 e. The molecule has 2 aromatic heterocycles. The van der Waals surface area contributed by atoms with E-state index in [4.69, 9.17) is 23.2 Å². The predicted molar refractivity (Wildman–Crippen MR) is 111 cm³/mol. The second kappa shape index (κ2) is 8.55. The van der Waals surface area contributed by atoms with Crippen LogP contribution in [0.15, 0.2) is 30.5 Å². The lowest BCUT2D eigenvalue weighted by Crippen LogP contribution is -2.12. The molecule has 3 aromatic rings. The van der Waals surface area contributed by atoms with Gasteiger partial charge >= 0.3 is 6.18 Å². The van der Waals surface area contributed by atoms with Gasteiger partial charge in [0.2, 0.25) is 0 Å². The maximum atomic E-state index is 13.0. The fraction of sp³-hybridized carbons (Fsp3) is 0.263. The molecule has 0 fully saturated rings. The van der Waals surface area contributed by atoms with Crippen LogP contribution < -0.4 is 0 Å². The van der Waals surface area contributed by atoms with E-state index in [0.29, 0.717) is 38.4 Å². The molecule has 0 N–H and O–H groups in total. The highest BCUT2D eigenvalue weighted by molar-refractivity contribution is 7.91. The van der Waals surface area contributed by atoms with E-state index < -0.39 is 22.9 Å². The van der Waals surface area contributed by atoms with Crippen molar-refractivity contribution in [1.29, 1.82) is 0 Å². The van der Waals surface area contributed by atoms with E-state index in [1.165, 1.54) is 0 Å². The second-order valence-corrected chi connectivity index (χ2v) is 8.83. The van der Waals surface area contributed by atoms with Crippen molar-refractivity contribution < 1.29 is 17.7 Å². The molecule has 10 heteroatoms. The highest BCUT2D eigenvalue weighted by atomic mass is 35.5. The van der Waals surface area contributed by atoms with Crippen molar-refractivity contribution in [3.05, 3.63) is 57.5 Å². The van der Waals surface area contributed by atoms with E-state index in [-0.39, 0.29) is 11.3 Å². The van der Waals surface area contributed by atoms with Gasteiger partial charge in [0.05, 0.1) is 15.6 Å². The Morgan fingerprint density at radius 2 is 1.97 bits per heavy atom. The van der Waals surface area contributed by atoms with E-state index in [9.17, 15) is 17.7 Å². The molecular weight excluding hydrogens is 446 g/mol. The molecule has 1 unspecified atom stereocenters. The first-order chi connectivity index (χ1) is 13.6. The van der Waals surface area contributed by atoms with Gasteiger partial charge in [-0.2, -0.15) is 13.2 Å². The number of imidazole rings is 1. The summed E-state index contributed by atoms with van der Waals surface area (Å²) in [6, 6.07) is 5.99. The van der Waals surface area contributed by atoms with Gasteiger partial charge in [-0.05, 0) is 47.9 Å². The fourth-order valence-corrected chi connectivity index (χ4v) is 3.84.